The van der Waals surface area contributed by atoms with E-state index >= 15 is 0 Å². The number of primary amides is 1. The second kappa shape index (κ2) is 5.40. The van der Waals surface area contributed by atoms with Crippen LogP contribution in [-0.4, -0.2) is 25.9 Å². The molecule has 6 nitrogen and oxygen atoms in total. The number of amides is 2. The van der Waals surface area contributed by atoms with Crippen molar-refractivity contribution >= 4 is 6.03 Å². The fourth-order valence-electron chi connectivity index (χ4n) is 1.63. The van der Waals surface area contributed by atoms with Crippen LogP contribution in [0.4, 0.5) is 4.79 Å². The third-order valence-electron chi connectivity index (χ3n) is 2.39. The van der Waals surface area contributed by atoms with E-state index in [1.807, 2.05) is 18.2 Å². The molecule has 2 amide bonds. The molecule has 0 saturated carbocycles. The zero-order chi connectivity index (χ0) is 12.1. The van der Waals surface area contributed by atoms with Crippen molar-refractivity contribution in [2.24, 2.45) is 5.73 Å². The van der Waals surface area contributed by atoms with Crippen LogP contribution in [0.5, 0.6) is 11.5 Å². The molecule has 0 unspecified atom stereocenters. The number of para-hydroxylation sites is 1. The van der Waals surface area contributed by atoms with Crippen LogP contribution < -0.4 is 25.8 Å². The predicted molar refractivity (Wildman–Crippen MR) is 61.9 cm³/mol. The van der Waals surface area contributed by atoms with Gasteiger partial charge in [-0.25, -0.2) is 4.79 Å². The molecule has 0 aromatic heterocycles. The summed E-state index contributed by atoms with van der Waals surface area (Å²) in [5.74, 6) is 1.57. The summed E-state index contributed by atoms with van der Waals surface area (Å²) in [4.78, 5) is 10.4. The van der Waals surface area contributed by atoms with E-state index in [0.717, 1.165) is 17.1 Å². The number of fused-ring (bicyclic) bond motifs is 1. The highest BCUT2D eigenvalue weighted by molar-refractivity contribution is 5.71. The van der Waals surface area contributed by atoms with Crippen molar-refractivity contribution in [1.82, 2.24) is 10.6 Å². The monoisotopic (exact) mass is 237 g/mol. The third kappa shape index (κ3) is 3.01. The quantitative estimate of drug-likeness (QED) is 0.637. The molecule has 4 N–H and O–H groups in total. The van der Waals surface area contributed by atoms with Gasteiger partial charge >= 0.3 is 6.03 Å². The van der Waals surface area contributed by atoms with Crippen molar-refractivity contribution in [3.63, 3.8) is 0 Å². The first-order chi connectivity index (χ1) is 8.27. The van der Waals surface area contributed by atoms with Crippen LogP contribution in [0.2, 0.25) is 0 Å². The lowest BCUT2D eigenvalue weighted by Crippen LogP contribution is -2.35. The van der Waals surface area contributed by atoms with Gasteiger partial charge in [0, 0.05) is 25.2 Å². The molecular formula is C11H15N3O3. The maximum Gasteiger partial charge on any atom is 0.312 e. The summed E-state index contributed by atoms with van der Waals surface area (Å²) >= 11 is 0. The Morgan fingerprint density at radius 3 is 3.06 bits per heavy atom. The summed E-state index contributed by atoms with van der Waals surface area (Å²) in [6.45, 7) is 2.08. The fraction of sp³-hybridized carbons (Fsp3) is 0.364. The van der Waals surface area contributed by atoms with Crippen LogP contribution in [-0.2, 0) is 6.54 Å². The van der Waals surface area contributed by atoms with Crippen LogP contribution in [0.25, 0.3) is 0 Å². The number of carbonyl (C=O) groups is 1. The molecule has 1 aliphatic rings. The molecule has 0 aliphatic carbocycles. The van der Waals surface area contributed by atoms with E-state index in [-0.39, 0.29) is 6.79 Å². The minimum atomic E-state index is -0.510. The topological polar surface area (TPSA) is 85.6 Å². The summed E-state index contributed by atoms with van der Waals surface area (Å²) in [5.41, 5.74) is 5.99. The van der Waals surface area contributed by atoms with Crippen LogP contribution in [0.3, 0.4) is 0 Å². The number of hydrogen-bond donors (Lipinski definition) is 3. The Kier molecular flexibility index (Phi) is 3.66. The first-order valence-corrected chi connectivity index (χ1v) is 5.39. The van der Waals surface area contributed by atoms with E-state index in [9.17, 15) is 4.79 Å². The van der Waals surface area contributed by atoms with Crippen molar-refractivity contribution in [3.8, 4) is 11.5 Å². The van der Waals surface area contributed by atoms with Crippen molar-refractivity contribution < 1.29 is 14.3 Å². The highest BCUT2D eigenvalue weighted by Crippen LogP contribution is 2.34. The number of carbonyl (C=O) groups excluding carboxylic acids is 1. The zero-order valence-electron chi connectivity index (χ0n) is 9.36. The Balaban J connectivity index is 1.80. The van der Waals surface area contributed by atoms with E-state index < -0.39 is 6.03 Å². The number of nitrogens with one attached hydrogen (secondary N) is 2. The van der Waals surface area contributed by atoms with E-state index in [1.165, 1.54) is 0 Å². The Labute approximate surface area is 99.1 Å². The van der Waals surface area contributed by atoms with Gasteiger partial charge in [-0.3, -0.25) is 0 Å². The molecule has 92 valence electrons. The molecular weight excluding hydrogens is 222 g/mol. The Bertz CT molecular complexity index is 409. The van der Waals surface area contributed by atoms with E-state index in [1.54, 1.807) is 0 Å². The number of hydrogen-bond acceptors (Lipinski definition) is 4. The Hall–Kier alpha value is -1.95. The zero-order valence-corrected chi connectivity index (χ0v) is 9.36. The van der Waals surface area contributed by atoms with Crippen molar-refractivity contribution in [3.05, 3.63) is 23.8 Å². The summed E-state index contributed by atoms with van der Waals surface area (Å²) in [6.07, 6.45) is 0. The van der Waals surface area contributed by atoms with Crippen molar-refractivity contribution in [1.29, 1.82) is 0 Å². The van der Waals surface area contributed by atoms with Crippen LogP contribution >= 0.6 is 0 Å². The average Bonchev–Trinajstić information content (AvgIpc) is 2.77. The largest absolute Gasteiger partial charge is 0.454 e. The molecule has 2 rings (SSSR count). The van der Waals surface area contributed by atoms with Crippen molar-refractivity contribution in [2.45, 2.75) is 6.54 Å². The lowest BCUT2D eigenvalue weighted by Gasteiger charge is -2.07. The van der Waals surface area contributed by atoms with Gasteiger partial charge in [0.25, 0.3) is 0 Å². The normalized spacial score (nSPS) is 12.5. The van der Waals surface area contributed by atoms with Gasteiger partial charge in [0.15, 0.2) is 11.5 Å². The van der Waals surface area contributed by atoms with Gasteiger partial charge in [0.05, 0.1) is 0 Å². The summed E-state index contributed by atoms with van der Waals surface area (Å²) in [7, 11) is 0. The Morgan fingerprint density at radius 1 is 1.35 bits per heavy atom. The number of nitrogens with two attached hydrogens (primary N) is 1. The van der Waals surface area contributed by atoms with Gasteiger partial charge in [-0.2, -0.15) is 0 Å². The highest BCUT2D eigenvalue weighted by atomic mass is 16.7. The van der Waals surface area contributed by atoms with Gasteiger partial charge in [0.2, 0.25) is 6.79 Å². The van der Waals surface area contributed by atoms with E-state index in [0.29, 0.717) is 19.6 Å². The Morgan fingerprint density at radius 2 is 2.24 bits per heavy atom. The molecule has 6 heteroatoms. The summed E-state index contributed by atoms with van der Waals surface area (Å²) in [5, 5.41) is 5.69. The molecule has 0 atom stereocenters. The first-order valence-electron chi connectivity index (χ1n) is 5.39. The van der Waals surface area contributed by atoms with Crippen molar-refractivity contribution in [2.75, 3.05) is 19.9 Å². The highest BCUT2D eigenvalue weighted by Gasteiger charge is 2.16. The van der Waals surface area contributed by atoms with E-state index in [2.05, 4.69) is 10.6 Å². The molecule has 1 aromatic rings. The minimum Gasteiger partial charge on any atom is -0.454 e. The van der Waals surface area contributed by atoms with Gasteiger partial charge < -0.3 is 25.8 Å². The van der Waals surface area contributed by atoms with Gasteiger partial charge in [-0.15, -0.1) is 0 Å². The molecule has 0 saturated heterocycles. The van der Waals surface area contributed by atoms with Crippen LogP contribution in [0.1, 0.15) is 5.56 Å². The molecule has 1 aliphatic heterocycles. The smallest absolute Gasteiger partial charge is 0.312 e. The molecule has 17 heavy (non-hydrogen) atoms. The lowest BCUT2D eigenvalue weighted by atomic mass is 10.2. The third-order valence-corrected chi connectivity index (χ3v) is 2.39. The summed E-state index contributed by atoms with van der Waals surface area (Å²) < 4.78 is 10.6. The predicted octanol–water partition coefficient (Wildman–Crippen LogP) is 0.173. The molecule has 1 heterocycles. The lowest BCUT2D eigenvalue weighted by molar-refractivity contribution is 0.173. The summed E-state index contributed by atoms with van der Waals surface area (Å²) in [6, 6.07) is 5.26. The van der Waals surface area contributed by atoms with Gasteiger partial charge in [-0.05, 0) is 6.07 Å². The first kappa shape index (κ1) is 11.5. The number of benzene rings is 1. The second-order valence-corrected chi connectivity index (χ2v) is 3.62. The minimum absolute atomic E-state index is 0.273. The molecule has 0 radical (unpaired) electrons. The number of rotatable bonds is 5. The number of urea groups is 1. The fourth-order valence-corrected chi connectivity index (χ4v) is 1.63. The van der Waals surface area contributed by atoms with Crippen LogP contribution in [0.15, 0.2) is 18.2 Å². The molecule has 0 spiro atoms. The molecule has 0 bridgehead atoms. The van der Waals surface area contributed by atoms with E-state index in [4.69, 9.17) is 15.2 Å². The standard InChI is InChI=1S/C11H15N3O3/c12-11(15)14-5-4-13-6-8-2-1-3-9-10(8)17-7-16-9/h1-3,13H,4-7H2,(H3,12,14,15). The van der Waals surface area contributed by atoms with Gasteiger partial charge in [0.1, 0.15) is 0 Å². The SMILES string of the molecule is NC(=O)NCCNCc1cccc2c1OCO2. The van der Waals surface area contributed by atoms with Crippen LogP contribution in [0, 0.1) is 0 Å². The molecule has 0 fully saturated rings. The maximum atomic E-state index is 10.4. The molecule has 1 aromatic carbocycles. The maximum absolute atomic E-state index is 10.4. The number of ether oxygens (including phenoxy) is 2. The second-order valence-electron chi connectivity index (χ2n) is 3.62. The van der Waals surface area contributed by atoms with Gasteiger partial charge in [-0.1, -0.05) is 12.1 Å². The average molecular weight is 237 g/mol.